The molecule has 0 aliphatic carbocycles. The van der Waals surface area contributed by atoms with Crippen LogP contribution in [0.5, 0.6) is 11.6 Å². The topological polar surface area (TPSA) is 80.3 Å². The molecule has 3 rings (SSSR count). The Labute approximate surface area is 188 Å². The molecule has 0 spiro atoms. The summed E-state index contributed by atoms with van der Waals surface area (Å²) in [5.41, 5.74) is 2.17. The maximum Gasteiger partial charge on any atom is 0.326 e. The Kier molecular flexibility index (Phi) is 6.82. The summed E-state index contributed by atoms with van der Waals surface area (Å²) in [6.07, 6.45) is 1.40. The standard InChI is InChI=1S/C21H16Cl3N3O3/c1-11-8-14(9-12(2)19(11)24)30-17-7-6-13(10-25-17)26-21(29)27-20(28)18-15(22)4-3-5-16(18)23/h3-10H,1-2H3,(H2,26,27,28,29). The lowest BCUT2D eigenvalue weighted by molar-refractivity contribution is 0.0967. The number of hydrogen-bond acceptors (Lipinski definition) is 4. The molecule has 2 aromatic carbocycles. The molecule has 9 heteroatoms. The fraction of sp³-hybridized carbons (Fsp3) is 0.0952. The predicted molar refractivity (Wildman–Crippen MR) is 118 cm³/mol. The first-order chi connectivity index (χ1) is 14.2. The van der Waals surface area contributed by atoms with Crippen LogP contribution in [0.3, 0.4) is 0 Å². The molecule has 0 aliphatic heterocycles. The molecule has 154 valence electrons. The number of amides is 3. The van der Waals surface area contributed by atoms with E-state index < -0.39 is 11.9 Å². The largest absolute Gasteiger partial charge is 0.439 e. The first-order valence-electron chi connectivity index (χ1n) is 8.71. The van der Waals surface area contributed by atoms with Gasteiger partial charge in [0, 0.05) is 11.1 Å². The second-order valence-electron chi connectivity index (χ2n) is 6.36. The summed E-state index contributed by atoms with van der Waals surface area (Å²) >= 11 is 18.1. The molecule has 0 radical (unpaired) electrons. The van der Waals surface area contributed by atoms with Crippen molar-refractivity contribution in [2.24, 2.45) is 0 Å². The van der Waals surface area contributed by atoms with Crippen LogP contribution >= 0.6 is 34.8 Å². The quantitative estimate of drug-likeness (QED) is 0.467. The van der Waals surface area contributed by atoms with Gasteiger partial charge in [0.2, 0.25) is 5.88 Å². The summed E-state index contributed by atoms with van der Waals surface area (Å²) in [6, 6.07) is 10.6. The molecule has 30 heavy (non-hydrogen) atoms. The van der Waals surface area contributed by atoms with Gasteiger partial charge < -0.3 is 10.1 Å². The van der Waals surface area contributed by atoms with E-state index in [4.69, 9.17) is 39.5 Å². The van der Waals surface area contributed by atoms with Crippen LogP contribution in [0.15, 0.2) is 48.7 Å². The van der Waals surface area contributed by atoms with Gasteiger partial charge in [-0.3, -0.25) is 10.1 Å². The van der Waals surface area contributed by atoms with Crippen molar-refractivity contribution in [3.63, 3.8) is 0 Å². The van der Waals surface area contributed by atoms with E-state index in [-0.39, 0.29) is 15.6 Å². The zero-order valence-corrected chi connectivity index (χ0v) is 18.2. The minimum Gasteiger partial charge on any atom is -0.439 e. The number of urea groups is 1. The average molecular weight is 465 g/mol. The average Bonchev–Trinajstić information content (AvgIpc) is 2.67. The van der Waals surface area contributed by atoms with Gasteiger partial charge in [0.1, 0.15) is 5.75 Å². The number of carbonyl (C=O) groups excluding carboxylic acids is 2. The zero-order chi connectivity index (χ0) is 21.8. The highest BCUT2D eigenvalue weighted by Gasteiger charge is 2.17. The van der Waals surface area contributed by atoms with E-state index >= 15 is 0 Å². The molecular formula is C21H16Cl3N3O3. The van der Waals surface area contributed by atoms with Crippen molar-refractivity contribution in [2.45, 2.75) is 13.8 Å². The fourth-order valence-corrected chi connectivity index (χ4v) is 3.32. The van der Waals surface area contributed by atoms with Gasteiger partial charge in [-0.2, -0.15) is 0 Å². The van der Waals surface area contributed by atoms with E-state index in [1.165, 1.54) is 18.3 Å². The Morgan fingerprint density at radius 3 is 2.17 bits per heavy atom. The first kappa shape index (κ1) is 21.9. The number of hydrogen-bond donors (Lipinski definition) is 2. The number of benzene rings is 2. The summed E-state index contributed by atoms with van der Waals surface area (Å²) < 4.78 is 5.72. The number of carbonyl (C=O) groups is 2. The van der Waals surface area contributed by atoms with Gasteiger partial charge in [-0.05, 0) is 55.3 Å². The van der Waals surface area contributed by atoms with Crippen LogP contribution in [0.25, 0.3) is 0 Å². The number of nitrogens with zero attached hydrogens (tertiary/aromatic N) is 1. The van der Waals surface area contributed by atoms with E-state index in [2.05, 4.69) is 15.6 Å². The van der Waals surface area contributed by atoms with Gasteiger partial charge in [-0.15, -0.1) is 0 Å². The Hall–Kier alpha value is -2.80. The predicted octanol–water partition coefficient (Wildman–Crippen LogP) is 6.41. The molecule has 0 fully saturated rings. The normalized spacial score (nSPS) is 10.4. The second kappa shape index (κ2) is 9.34. The first-order valence-corrected chi connectivity index (χ1v) is 9.85. The van der Waals surface area contributed by atoms with Gasteiger partial charge in [0.15, 0.2) is 0 Å². The summed E-state index contributed by atoms with van der Waals surface area (Å²) in [6.45, 7) is 3.77. The van der Waals surface area contributed by atoms with Crippen LogP contribution in [0.1, 0.15) is 21.5 Å². The maximum atomic E-state index is 12.2. The van der Waals surface area contributed by atoms with Gasteiger partial charge >= 0.3 is 6.03 Å². The highest BCUT2D eigenvalue weighted by atomic mass is 35.5. The Bertz CT molecular complexity index is 1070. The molecule has 0 saturated carbocycles. The Morgan fingerprint density at radius 1 is 0.967 bits per heavy atom. The van der Waals surface area contributed by atoms with Crippen LogP contribution in [-0.2, 0) is 0 Å². The summed E-state index contributed by atoms with van der Waals surface area (Å²) in [4.78, 5) is 28.5. The number of anilines is 1. The summed E-state index contributed by atoms with van der Waals surface area (Å²) in [5, 5.41) is 5.65. The van der Waals surface area contributed by atoms with Gasteiger partial charge in [-0.1, -0.05) is 40.9 Å². The molecule has 0 aliphatic rings. The van der Waals surface area contributed by atoms with E-state index in [0.717, 1.165) is 11.1 Å². The molecule has 0 saturated heterocycles. The molecule has 1 heterocycles. The third-order valence-corrected chi connectivity index (χ3v) is 5.27. The zero-order valence-electron chi connectivity index (χ0n) is 15.9. The van der Waals surface area contributed by atoms with Crippen LogP contribution < -0.4 is 15.4 Å². The lowest BCUT2D eigenvalue weighted by Crippen LogP contribution is -2.34. The van der Waals surface area contributed by atoms with Gasteiger partial charge in [0.05, 0.1) is 27.5 Å². The minimum absolute atomic E-state index is 0.0198. The van der Waals surface area contributed by atoms with Gasteiger partial charge in [0.25, 0.3) is 5.91 Å². The molecule has 2 N–H and O–H groups in total. The van der Waals surface area contributed by atoms with Crippen molar-refractivity contribution in [3.8, 4) is 11.6 Å². The number of ether oxygens (including phenoxy) is 1. The van der Waals surface area contributed by atoms with Crippen LogP contribution in [0.4, 0.5) is 10.5 Å². The Balaban J connectivity index is 1.63. The number of aromatic nitrogens is 1. The SMILES string of the molecule is Cc1cc(Oc2ccc(NC(=O)NC(=O)c3c(Cl)cccc3Cl)cn2)cc(C)c1Cl. The minimum atomic E-state index is -0.754. The van der Waals surface area contributed by atoms with Crippen molar-refractivity contribution in [1.82, 2.24) is 10.3 Å². The van der Waals surface area contributed by atoms with Crippen LogP contribution in [-0.4, -0.2) is 16.9 Å². The van der Waals surface area contributed by atoms with E-state index in [0.29, 0.717) is 22.3 Å². The number of rotatable bonds is 4. The van der Waals surface area contributed by atoms with Crippen molar-refractivity contribution in [3.05, 3.63) is 80.4 Å². The van der Waals surface area contributed by atoms with Gasteiger partial charge in [-0.25, -0.2) is 9.78 Å². The summed E-state index contributed by atoms with van der Waals surface area (Å²) in [5.74, 6) is 0.216. The fourth-order valence-electron chi connectivity index (χ4n) is 2.64. The van der Waals surface area contributed by atoms with E-state index in [9.17, 15) is 9.59 Å². The molecule has 3 amide bonds. The van der Waals surface area contributed by atoms with Crippen molar-refractivity contribution >= 4 is 52.4 Å². The molecule has 0 atom stereocenters. The van der Waals surface area contributed by atoms with E-state index in [1.54, 1.807) is 18.2 Å². The van der Waals surface area contributed by atoms with Crippen molar-refractivity contribution in [1.29, 1.82) is 0 Å². The molecule has 6 nitrogen and oxygen atoms in total. The van der Waals surface area contributed by atoms with Crippen molar-refractivity contribution < 1.29 is 14.3 Å². The number of pyridine rings is 1. The monoisotopic (exact) mass is 463 g/mol. The van der Waals surface area contributed by atoms with E-state index in [1.807, 2.05) is 26.0 Å². The number of halogens is 3. The highest BCUT2D eigenvalue weighted by Crippen LogP contribution is 2.29. The molecule has 1 aromatic heterocycles. The van der Waals surface area contributed by atoms with Crippen LogP contribution in [0, 0.1) is 13.8 Å². The number of aryl methyl sites for hydroxylation is 2. The second-order valence-corrected chi connectivity index (χ2v) is 7.56. The maximum absolute atomic E-state index is 12.2. The third kappa shape index (κ3) is 5.21. The number of nitrogens with one attached hydrogen (secondary N) is 2. The van der Waals surface area contributed by atoms with Crippen molar-refractivity contribution in [2.75, 3.05) is 5.32 Å². The third-order valence-electron chi connectivity index (χ3n) is 4.04. The lowest BCUT2D eigenvalue weighted by Gasteiger charge is -2.10. The molecule has 3 aromatic rings. The van der Waals surface area contributed by atoms with Crippen LogP contribution in [0.2, 0.25) is 15.1 Å². The molecular weight excluding hydrogens is 449 g/mol. The smallest absolute Gasteiger partial charge is 0.326 e. The lowest BCUT2D eigenvalue weighted by atomic mass is 10.1. The molecule has 0 unspecified atom stereocenters. The summed E-state index contributed by atoms with van der Waals surface area (Å²) in [7, 11) is 0. The Morgan fingerprint density at radius 2 is 1.60 bits per heavy atom. The number of imide groups is 1. The highest BCUT2D eigenvalue weighted by molar-refractivity contribution is 6.40. The molecule has 0 bridgehead atoms.